The van der Waals surface area contributed by atoms with Gasteiger partial charge in [0.15, 0.2) is 0 Å². The van der Waals surface area contributed by atoms with Crippen molar-refractivity contribution in [1.82, 2.24) is 0 Å². The van der Waals surface area contributed by atoms with E-state index in [1.807, 2.05) is 0 Å². The molecule has 0 spiro atoms. The van der Waals surface area contributed by atoms with Crippen LogP contribution < -0.4 is 0 Å². The third-order valence-corrected chi connectivity index (χ3v) is 5.01. The van der Waals surface area contributed by atoms with Gasteiger partial charge in [0.1, 0.15) is 0 Å². The van der Waals surface area contributed by atoms with Crippen molar-refractivity contribution in [3.63, 3.8) is 0 Å². The first kappa shape index (κ1) is 19.1. The molecule has 0 atom stereocenters. The Bertz CT molecular complexity index is 226. The second-order valence-electron chi connectivity index (χ2n) is 5.60. The molecule has 0 aromatic rings. The third-order valence-electron chi connectivity index (χ3n) is 3.05. The standard InChI is InChI=1S/C15H33O3P/c1-5-7-9-12-17-19(16,14-11-15(3)4)18-13-10-8-6-2/h15H,5-14H2,1-4H3. The SMILES string of the molecule is CCCCCOP(=O)(CCC(C)C)OCCCCC. The third kappa shape index (κ3) is 11.7. The molecule has 0 aromatic heterocycles. The summed E-state index contributed by atoms with van der Waals surface area (Å²) in [5.74, 6) is 0.534. The molecule has 0 aliphatic rings. The first-order chi connectivity index (χ1) is 9.04. The summed E-state index contributed by atoms with van der Waals surface area (Å²) in [5.41, 5.74) is 0. The van der Waals surface area contributed by atoms with Gasteiger partial charge in [-0.1, -0.05) is 53.4 Å². The molecule has 116 valence electrons. The zero-order chi connectivity index (χ0) is 14.6. The molecule has 0 amide bonds. The summed E-state index contributed by atoms with van der Waals surface area (Å²) in [7, 11) is -2.85. The molecule has 3 nitrogen and oxygen atoms in total. The van der Waals surface area contributed by atoms with Crippen LogP contribution in [0.5, 0.6) is 0 Å². The van der Waals surface area contributed by atoms with E-state index in [-0.39, 0.29) is 0 Å². The minimum absolute atomic E-state index is 0.534. The van der Waals surface area contributed by atoms with Crippen LogP contribution in [0.25, 0.3) is 0 Å². The van der Waals surface area contributed by atoms with Crippen molar-refractivity contribution in [2.45, 2.75) is 72.6 Å². The Hall–Kier alpha value is 0.150. The van der Waals surface area contributed by atoms with E-state index in [2.05, 4.69) is 27.7 Å². The number of hydrogen-bond donors (Lipinski definition) is 0. The monoisotopic (exact) mass is 292 g/mol. The van der Waals surface area contributed by atoms with Crippen LogP contribution in [0.15, 0.2) is 0 Å². The number of unbranched alkanes of at least 4 members (excludes halogenated alkanes) is 4. The van der Waals surface area contributed by atoms with E-state index in [0.717, 1.165) is 44.9 Å². The predicted molar refractivity (Wildman–Crippen MR) is 82.9 cm³/mol. The van der Waals surface area contributed by atoms with Crippen LogP contribution >= 0.6 is 7.60 Å². The van der Waals surface area contributed by atoms with Crippen molar-refractivity contribution in [1.29, 1.82) is 0 Å². The highest BCUT2D eigenvalue weighted by molar-refractivity contribution is 7.53. The molecule has 0 aliphatic heterocycles. The Morgan fingerprint density at radius 1 is 0.895 bits per heavy atom. The molecule has 0 heterocycles. The van der Waals surface area contributed by atoms with Gasteiger partial charge in [0.05, 0.1) is 19.4 Å². The maximum atomic E-state index is 12.6. The average molecular weight is 292 g/mol. The number of hydrogen-bond acceptors (Lipinski definition) is 3. The van der Waals surface area contributed by atoms with Crippen molar-refractivity contribution in [2.24, 2.45) is 5.92 Å². The van der Waals surface area contributed by atoms with Gasteiger partial charge >= 0.3 is 7.60 Å². The fraction of sp³-hybridized carbons (Fsp3) is 1.00. The molecule has 0 saturated heterocycles. The zero-order valence-electron chi connectivity index (χ0n) is 13.3. The normalized spacial score (nSPS) is 12.3. The quantitative estimate of drug-likeness (QED) is 0.325. The van der Waals surface area contributed by atoms with Gasteiger partial charge in [-0.2, -0.15) is 0 Å². The summed E-state index contributed by atoms with van der Waals surface area (Å²) >= 11 is 0. The maximum absolute atomic E-state index is 12.6. The zero-order valence-corrected chi connectivity index (χ0v) is 14.2. The predicted octanol–water partition coefficient (Wildman–Crippen LogP) is 5.64. The highest BCUT2D eigenvalue weighted by atomic mass is 31.2. The van der Waals surface area contributed by atoms with Crippen LogP contribution in [0.4, 0.5) is 0 Å². The molecule has 0 rings (SSSR count). The summed E-state index contributed by atoms with van der Waals surface area (Å²) in [6, 6.07) is 0. The van der Waals surface area contributed by atoms with Crippen molar-refractivity contribution in [3.8, 4) is 0 Å². The Balaban J connectivity index is 4.08. The Morgan fingerprint density at radius 2 is 1.37 bits per heavy atom. The van der Waals surface area contributed by atoms with E-state index in [1.54, 1.807) is 0 Å². The Kier molecular flexibility index (Phi) is 12.0. The molecule has 0 unspecified atom stereocenters. The fourth-order valence-electron chi connectivity index (χ4n) is 1.69. The van der Waals surface area contributed by atoms with Gasteiger partial charge in [-0.3, -0.25) is 4.57 Å². The topological polar surface area (TPSA) is 35.5 Å². The molecule has 0 aromatic carbocycles. The van der Waals surface area contributed by atoms with Crippen LogP contribution in [0.3, 0.4) is 0 Å². The maximum Gasteiger partial charge on any atom is 0.330 e. The van der Waals surface area contributed by atoms with Crippen LogP contribution in [0.1, 0.15) is 72.6 Å². The van der Waals surface area contributed by atoms with Crippen molar-refractivity contribution in [3.05, 3.63) is 0 Å². The Morgan fingerprint density at radius 3 is 1.74 bits per heavy atom. The fourth-order valence-corrected chi connectivity index (χ4v) is 3.67. The van der Waals surface area contributed by atoms with E-state index in [4.69, 9.17) is 9.05 Å². The average Bonchev–Trinajstić information content (AvgIpc) is 2.38. The lowest BCUT2D eigenvalue weighted by molar-refractivity contribution is 0.197. The van der Waals surface area contributed by atoms with Crippen molar-refractivity contribution >= 4 is 7.60 Å². The van der Waals surface area contributed by atoms with Gasteiger partial charge in [0.25, 0.3) is 0 Å². The molecule has 0 saturated carbocycles. The lowest BCUT2D eigenvalue weighted by Gasteiger charge is -2.19. The van der Waals surface area contributed by atoms with Crippen LogP contribution in [0, 0.1) is 5.92 Å². The molecule has 0 N–H and O–H groups in total. The van der Waals surface area contributed by atoms with Crippen LogP contribution in [-0.2, 0) is 13.6 Å². The smallest absolute Gasteiger partial charge is 0.309 e. The summed E-state index contributed by atoms with van der Waals surface area (Å²) < 4.78 is 23.8. The van der Waals surface area contributed by atoms with E-state index in [9.17, 15) is 4.57 Å². The van der Waals surface area contributed by atoms with Gasteiger partial charge in [0.2, 0.25) is 0 Å². The van der Waals surface area contributed by atoms with Gasteiger partial charge in [-0.15, -0.1) is 0 Å². The van der Waals surface area contributed by atoms with Gasteiger partial charge in [-0.05, 0) is 25.2 Å². The summed E-state index contributed by atoms with van der Waals surface area (Å²) in [4.78, 5) is 0. The lowest BCUT2D eigenvalue weighted by atomic mass is 10.2. The first-order valence-electron chi connectivity index (χ1n) is 7.92. The lowest BCUT2D eigenvalue weighted by Crippen LogP contribution is -2.05. The van der Waals surface area contributed by atoms with Crippen LogP contribution in [0.2, 0.25) is 0 Å². The second-order valence-corrected chi connectivity index (χ2v) is 7.78. The molecule has 0 bridgehead atoms. The number of rotatable bonds is 13. The first-order valence-corrected chi connectivity index (χ1v) is 9.65. The molecule has 0 fully saturated rings. The highest BCUT2D eigenvalue weighted by Gasteiger charge is 2.24. The van der Waals surface area contributed by atoms with E-state index >= 15 is 0 Å². The summed E-state index contributed by atoms with van der Waals surface area (Å²) in [5, 5.41) is 0. The molecule has 0 radical (unpaired) electrons. The van der Waals surface area contributed by atoms with Crippen LogP contribution in [-0.4, -0.2) is 19.4 Å². The molecule has 19 heavy (non-hydrogen) atoms. The minimum Gasteiger partial charge on any atom is -0.309 e. The van der Waals surface area contributed by atoms with Gasteiger partial charge in [-0.25, -0.2) is 0 Å². The largest absolute Gasteiger partial charge is 0.330 e. The summed E-state index contributed by atoms with van der Waals surface area (Å²) in [6.07, 6.45) is 7.96. The van der Waals surface area contributed by atoms with E-state index < -0.39 is 7.60 Å². The summed E-state index contributed by atoms with van der Waals surface area (Å²) in [6.45, 7) is 9.71. The minimum atomic E-state index is -2.85. The molecule has 0 aliphatic carbocycles. The highest BCUT2D eigenvalue weighted by Crippen LogP contribution is 2.49. The Labute approximate surface area is 120 Å². The van der Waals surface area contributed by atoms with Gasteiger partial charge < -0.3 is 9.05 Å². The van der Waals surface area contributed by atoms with Crippen molar-refractivity contribution < 1.29 is 13.6 Å². The molecule has 4 heteroatoms. The van der Waals surface area contributed by atoms with Crippen molar-refractivity contribution in [2.75, 3.05) is 19.4 Å². The van der Waals surface area contributed by atoms with Gasteiger partial charge in [0, 0.05) is 0 Å². The molecular formula is C15H33O3P. The van der Waals surface area contributed by atoms with E-state index in [1.165, 1.54) is 0 Å². The second kappa shape index (κ2) is 11.9. The van der Waals surface area contributed by atoms with E-state index in [0.29, 0.717) is 25.3 Å². The molecular weight excluding hydrogens is 259 g/mol.